The summed E-state index contributed by atoms with van der Waals surface area (Å²) in [6.45, 7) is 5.99. The Balaban J connectivity index is 2.91. The molecule has 0 atom stereocenters. The molecule has 2 aromatic rings. The molecule has 0 N–H and O–H groups in total. The lowest BCUT2D eigenvalue weighted by Gasteiger charge is -2.18. The molecule has 16 heavy (non-hydrogen) atoms. The van der Waals surface area contributed by atoms with Gasteiger partial charge < -0.3 is 4.42 Å². The Labute approximate surface area is 98.1 Å². The predicted molar refractivity (Wildman–Crippen MR) is 64.0 cm³/mol. The van der Waals surface area contributed by atoms with E-state index in [1.165, 1.54) is 0 Å². The summed E-state index contributed by atoms with van der Waals surface area (Å²) in [4.78, 5) is 15.3. The Morgan fingerprint density at radius 2 is 2.00 bits per heavy atom. The summed E-state index contributed by atoms with van der Waals surface area (Å²) >= 11 is 5.93. The van der Waals surface area contributed by atoms with Crippen molar-refractivity contribution in [1.82, 2.24) is 4.98 Å². The molecule has 0 fully saturated rings. The largest absolute Gasteiger partial charge is 0.439 e. The maximum absolute atomic E-state index is 11.3. The predicted octanol–water partition coefficient (Wildman–Crippen LogP) is 3.14. The van der Waals surface area contributed by atoms with Gasteiger partial charge >= 0.3 is 5.76 Å². The summed E-state index contributed by atoms with van der Waals surface area (Å²) < 4.78 is 5.03. The van der Waals surface area contributed by atoms with Crippen molar-refractivity contribution in [3.05, 3.63) is 39.5 Å². The van der Waals surface area contributed by atoms with Crippen LogP contribution in [0.3, 0.4) is 0 Å². The van der Waals surface area contributed by atoms with Gasteiger partial charge in [0.15, 0.2) is 0 Å². The molecule has 0 spiro atoms. The second-order valence-electron chi connectivity index (χ2n) is 4.72. The second kappa shape index (κ2) is 3.59. The Bertz CT molecular complexity index is 596. The first kappa shape index (κ1) is 11.1. The third-order valence-corrected chi connectivity index (χ3v) is 2.54. The van der Waals surface area contributed by atoms with Crippen LogP contribution in [0.2, 0.25) is 5.02 Å². The molecule has 0 radical (unpaired) electrons. The molecule has 0 aliphatic heterocycles. The molecule has 0 bridgehead atoms. The van der Waals surface area contributed by atoms with Crippen LogP contribution in [0.5, 0.6) is 0 Å². The molecule has 1 aromatic heterocycles. The van der Waals surface area contributed by atoms with Crippen molar-refractivity contribution < 1.29 is 4.42 Å². The monoisotopic (exact) mass is 237 g/mol. The van der Waals surface area contributed by atoms with Gasteiger partial charge in [-0.2, -0.15) is 4.98 Å². The number of hydrogen-bond acceptors (Lipinski definition) is 3. The van der Waals surface area contributed by atoms with Gasteiger partial charge in [-0.1, -0.05) is 32.4 Å². The van der Waals surface area contributed by atoms with E-state index in [1.807, 2.05) is 20.8 Å². The van der Waals surface area contributed by atoms with Crippen molar-refractivity contribution in [2.75, 3.05) is 0 Å². The van der Waals surface area contributed by atoms with Crippen LogP contribution in [0.4, 0.5) is 0 Å². The van der Waals surface area contributed by atoms with E-state index in [2.05, 4.69) is 4.98 Å². The van der Waals surface area contributed by atoms with Gasteiger partial charge in [0.2, 0.25) is 0 Å². The van der Waals surface area contributed by atoms with Crippen LogP contribution in [0, 0.1) is 0 Å². The lowest BCUT2D eigenvalue weighted by Crippen LogP contribution is -2.19. The fourth-order valence-corrected chi connectivity index (χ4v) is 1.79. The smallest absolute Gasteiger partial charge is 0.408 e. The van der Waals surface area contributed by atoms with Gasteiger partial charge in [0, 0.05) is 15.8 Å². The van der Waals surface area contributed by atoms with Crippen molar-refractivity contribution in [2.24, 2.45) is 0 Å². The maximum atomic E-state index is 11.3. The third-order valence-electron chi connectivity index (χ3n) is 2.31. The molecule has 0 unspecified atom stereocenters. The first-order chi connectivity index (χ1) is 7.38. The van der Waals surface area contributed by atoms with Gasteiger partial charge in [-0.15, -0.1) is 0 Å². The van der Waals surface area contributed by atoms with Crippen molar-refractivity contribution in [1.29, 1.82) is 0 Å². The quantitative estimate of drug-likeness (QED) is 0.707. The summed E-state index contributed by atoms with van der Waals surface area (Å²) in [5.74, 6) is -0.570. The second-order valence-corrected chi connectivity index (χ2v) is 5.16. The van der Waals surface area contributed by atoms with Gasteiger partial charge in [-0.05, 0) is 18.2 Å². The Morgan fingerprint density at radius 1 is 1.31 bits per heavy atom. The maximum Gasteiger partial charge on any atom is 0.439 e. The molecule has 1 aromatic carbocycles. The highest BCUT2D eigenvalue weighted by atomic mass is 35.5. The first-order valence-electron chi connectivity index (χ1n) is 4.99. The Hall–Kier alpha value is -1.35. The summed E-state index contributed by atoms with van der Waals surface area (Å²) in [7, 11) is 0. The van der Waals surface area contributed by atoms with Crippen molar-refractivity contribution in [2.45, 2.75) is 26.2 Å². The van der Waals surface area contributed by atoms with E-state index in [1.54, 1.807) is 18.2 Å². The third kappa shape index (κ3) is 1.95. The average Bonchev–Trinajstić information content (AvgIpc) is 2.16. The highest BCUT2D eigenvalue weighted by Gasteiger charge is 2.20. The molecule has 84 valence electrons. The molecule has 3 nitrogen and oxygen atoms in total. The van der Waals surface area contributed by atoms with Crippen LogP contribution in [-0.2, 0) is 5.41 Å². The van der Waals surface area contributed by atoms with Crippen molar-refractivity contribution in [3.63, 3.8) is 0 Å². The normalized spacial score (nSPS) is 12.0. The van der Waals surface area contributed by atoms with Crippen LogP contribution < -0.4 is 5.76 Å². The molecule has 2 rings (SSSR count). The highest BCUT2D eigenvalue weighted by molar-refractivity contribution is 6.31. The molecule has 1 heterocycles. The number of fused-ring (bicyclic) bond motifs is 1. The standard InChI is InChI=1S/C12H12ClNO2/c1-12(2,3)10-8-6-7(13)4-5-9(8)16-11(15)14-10/h4-6H,1-3H3. The fraction of sp³-hybridized carbons (Fsp3) is 0.333. The van der Waals surface area contributed by atoms with E-state index in [4.69, 9.17) is 16.0 Å². The summed E-state index contributed by atoms with van der Waals surface area (Å²) in [5, 5.41) is 1.40. The lowest BCUT2D eigenvalue weighted by molar-refractivity contribution is 0.498. The number of hydrogen-bond donors (Lipinski definition) is 0. The zero-order valence-electron chi connectivity index (χ0n) is 9.37. The van der Waals surface area contributed by atoms with Crippen LogP contribution in [-0.4, -0.2) is 4.98 Å². The van der Waals surface area contributed by atoms with E-state index in [0.29, 0.717) is 16.3 Å². The van der Waals surface area contributed by atoms with Gasteiger partial charge in [-0.25, -0.2) is 4.79 Å². The van der Waals surface area contributed by atoms with E-state index in [9.17, 15) is 4.79 Å². The van der Waals surface area contributed by atoms with Crippen LogP contribution in [0.1, 0.15) is 26.5 Å². The molecule has 0 aliphatic carbocycles. The SMILES string of the molecule is CC(C)(C)c1nc(=O)oc2ccc(Cl)cc12. The zero-order chi connectivity index (χ0) is 11.9. The number of nitrogens with zero attached hydrogens (tertiary/aromatic N) is 1. The molecular formula is C12H12ClNO2. The van der Waals surface area contributed by atoms with Gasteiger partial charge in [0.05, 0.1) is 5.69 Å². The fourth-order valence-electron chi connectivity index (χ4n) is 1.62. The molecule has 0 aliphatic rings. The minimum atomic E-state index is -0.570. The van der Waals surface area contributed by atoms with Gasteiger partial charge in [0.25, 0.3) is 0 Å². The average molecular weight is 238 g/mol. The molecule has 0 amide bonds. The van der Waals surface area contributed by atoms with Gasteiger partial charge in [0.1, 0.15) is 5.58 Å². The van der Waals surface area contributed by atoms with Crippen LogP contribution in [0.15, 0.2) is 27.4 Å². The molecule has 0 saturated carbocycles. The van der Waals surface area contributed by atoms with Crippen LogP contribution in [0.25, 0.3) is 11.0 Å². The molecular weight excluding hydrogens is 226 g/mol. The van der Waals surface area contributed by atoms with E-state index in [-0.39, 0.29) is 5.41 Å². The topological polar surface area (TPSA) is 43.1 Å². The van der Waals surface area contributed by atoms with Crippen LogP contribution >= 0.6 is 11.6 Å². The highest BCUT2D eigenvalue weighted by Crippen LogP contribution is 2.28. The summed E-state index contributed by atoms with van der Waals surface area (Å²) in [5.41, 5.74) is 1.01. The lowest BCUT2D eigenvalue weighted by atomic mass is 9.89. The van der Waals surface area contributed by atoms with Crippen molar-refractivity contribution in [3.8, 4) is 0 Å². The number of benzene rings is 1. The number of rotatable bonds is 0. The van der Waals surface area contributed by atoms with E-state index in [0.717, 1.165) is 5.39 Å². The number of aromatic nitrogens is 1. The zero-order valence-corrected chi connectivity index (χ0v) is 10.1. The number of halogens is 1. The Morgan fingerprint density at radius 3 is 2.62 bits per heavy atom. The Kier molecular flexibility index (Phi) is 2.50. The van der Waals surface area contributed by atoms with E-state index < -0.39 is 5.76 Å². The minimum Gasteiger partial charge on any atom is -0.408 e. The summed E-state index contributed by atoms with van der Waals surface area (Å²) in [6.07, 6.45) is 0. The van der Waals surface area contributed by atoms with Crippen molar-refractivity contribution >= 4 is 22.6 Å². The molecule has 0 saturated heterocycles. The van der Waals surface area contributed by atoms with E-state index >= 15 is 0 Å². The minimum absolute atomic E-state index is 0.223. The molecule has 4 heteroatoms. The first-order valence-corrected chi connectivity index (χ1v) is 5.36. The van der Waals surface area contributed by atoms with Gasteiger partial charge in [-0.3, -0.25) is 0 Å². The summed E-state index contributed by atoms with van der Waals surface area (Å²) in [6, 6.07) is 5.16.